The van der Waals surface area contributed by atoms with Crippen LogP contribution in [0.15, 0.2) is 12.1 Å². The molecule has 6 heteroatoms. The van der Waals surface area contributed by atoms with E-state index in [0.29, 0.717) is 13.0 Å². The summed E-state index contributed by atoms with van der Waals surface area (Å²) in [6.07, 6.45) is -4.47. The molecular formula is C13H16F3NOS. The van der Waals surface area contributed by atoms with Crippen molar-refractivity contribution >= 4 is 11.3 Å². The minimum absolute atomic E-state index is 0.00702. The molecular weight excluding hydrogens is 275 g/mol. The lowest BCUT2D eigenvalue weighted by atomic mass is 10.3. The predicted molar refractivity (Wildman–Crippen MR) is 69.9 cm³/mol. The van der Waals surface area contributed by atoms with Gasteiger partial charge in [0.2, 0.25) is 0 Å². The van der Waals surface area contributed by atoms with E-state index >= 15 is 0 Å². The zero-order valence-corrected chi connectivity index (χ0v) is 11.4. The minimum atomic E-state index is -4.11. The van der Waals surface area contributed by atoms with Gasteiger partial charge in [-0.1, -0.05) is 11.8 Å². The predicted octanol–water partition coefficient (Wildman–Crippen LogP) is 2.87. The van der Waals surface area contributed by atoms with Gasteiger partial charge in [0.1, 0.15) is 0 Å². The van der Waals surface area contributed by atoms with Gasteiger partial charge in [0.15, 0.2) is 0 Å². The summed E-state index contributed by atoms with van der Waals surface area (Å²) in [7, 11) is 1.67. The number of alkyl halides is 3. The summed E-state index contributed by atoms with van der Waals surface area (Å²) < 4.78 is 36.2. The highest BCUT2D eigenvalue weighted by molar-refractivity contribution is 7.12. The van der Waals surface area contributed by atoms with Gasteiger partial charge in [-0.25, -0.2) is 0 Å². The largest absolute Gasteiger partial charge is 0.395 e. The highest BCUT2D eigenvalue weighted by atomic mass is 32.1. The molecule has 2 nitrogen and oxygen atoms in total. The van der Waals surface area contributed by atoms with Crippen molar-refractivity contribution in [2.45, 2.75) is 25.6 Å². The Labute approximate surface area is 114 Å². The van der Waals surface area contributed by atoms with Crippen molar-refractivity contribution < 1.29 is 18.3 Å². The van der Waals surface area contributed by atoms with E-state index in [9.17, 15) is 13.2 Å². The summed E-state index contributed by atoms with van der Waals surface area (Å²) in [6, 6.07) is 3.72. The quantitative estimate of drug-likeness (QED) is 0.843. The molecule has 1 rings (SSSR count). The van der Waals surface area contributed by atoms with Crippen LogP contribution in [0.25, 0.3) is 0 Å². The summed E-state index contributed by atoms with van der Waals surface area (Å²) in [5.74, 6) is 5.72. The van der Waals surface area contributed by atoms with Crippen LogP contribution in [0.4, 0.5) is 13.2 Å². The number of thiophene rings is 1. The van der Waals surface area contributed by atoms with Crippen LogP contribution in [-0.4, -0.2) is 36.4 Å². The lowest BCUT2D eigenvalue weighted by molar-refractivity contribution is -0.137. The number of nitrogens with zero attached hydrogens (tertiary/aromatic N) is 1. The van der Waals surface area contributed by atoms with E-state index in [1.54, 1.807) is 11.9 Å². The second-order valence-electron chi connectivity index (χ2n) is 4.14. The molecule has 1 heterocycles. The third-order valence-electron chi connectivity index (χ3n) is 2.31. The van der Waals surface area contributed by atoms with Crippen LogP contribution in [0.3, 0.4) is 0 Å². The Morgan fingerprint density at radius 3 is 2.74 bits per heavy atom. The van der Waals surface area contributed by atoms with Crippen molar-refractivity contribution in [3.8, 4) is 11.8 Å². The number of halogens is 3. The summed E-state index contributed by atoms with van der Waals surface area (Å²) in [4.78, 5) is 3.50. The smallest absolute Gasteiger partial charge is 0.390 e. The zero-order valence-electron chi connectivity index (χ0n) is 10.6. The number of rotatable bonds is 5. The Kier molecular flexibility index (Phi) is 6.35. The van der Waals surface area contributed by atoms with Gasteiger partial charge in [0, 0.05) is 24.4 Å². The number of aliphatic hydroxyl groups excluding tert-OH is 1. The molecule has 0 aromatic carbocycles. The van der Waals surface area contributed by atoms with Gasteiger partial charge in [-0.2, -0.15) is 13.2 Å². The maximum absolute atomic E-state index is 12.1. The van der Waals surface area contributed by atoms with Crippen molar-refractivity contribution in [3.63, 3.8) is 0 Å². The van der Waals surface area contributed by atoms with Crippen molar-refractivity contribution in [2.24, 2.45) is 0 Å². The van der Waals surface area contributed by atoms with E-state index in [4.69, 9.17) is 5.11 Å². The van der Waals surface area contributed by atoms with Crippen LogP contribution in [0.1, 0.15) is 22.6 Å². The van der Waals surface area contributed by atoms with Crippen LogP contribution in [0, 0.1) is 11.8 Å². The highest BCUT2D eigenvalue weighted by Crippen LogP contribution is 2.21. The molecule has 0 amide bonds. The molecule has 0 saturated carbocycles. The lowest BCUT2D eigenvalue weighted by Gasteiger charge is -2.16. The van der Waals surface area contributed by atoms with Crippen molar-refractivity contribution in [1.82, 2.24) is 4.90 Å². The van der Waals surface area contributed by atoms with Crippen molar-refractivity contribution in [3.05, 3.63) is 21.9 Å². The fraction of sp³-hybridized carbons (Fsp3) is 0.538. The van der Waals surface area contributed by atoms with Gasteiger partial charge in [-0.05, 0) is 19.2 Å². The molecule has 0 spiro atoms. The van der Waals surface area contributed by atoms with Crippen molar-refractivity contribution in [1.29, 1.82) is 0 Å². The normalized spacial score (nSPS) is 11.5. The first-order chi connectivity index (χ1) is 8.90. The zero-order chi connectivity index (χ0) is 14.3. The molecule has 0 aliphatic rings. The topological polar surface area (TPSA) is 23.5 Å². The molecule has 0 atom stereocenters. The van der Waals surface area contributed by atoms with Crippen LogP contribution in [0.5, 0.6) is 0 Å². The van der Waals surface area contributed by atoms with Gasteiger partial charge in [0.25, 0.3) is 0 Å². The van der Waals surface area contributed by atoms with Gasteiger partial charge >= 0.3 is 6.18 Å². The van der Waals surface area contributed by atoms with Crippen LogP contribution >= 0.6 is 11.3 Å². The van der Waals surface area contributed by atoms with Crippen LogP contribution in [-0.2, 0) is 6.54 Å². The van der Waals surface area contributed by atoms with E-state index in [1.165, 1.54) is 11.3 Å². The molecule has 0 aliphatic carbocycles. The molecule has 0 radical (unpaired) electrons. The number of hydrogen-bond acceptors (Lipinski definition) is 3. The van der Waals surface area contributed by atoms with Crippen LogP contribution in [0.2, 0.25) is 0 Å². The SMILES string of the molecule is CN(CCC(F)(F)F)Cc1ccc(C#CCCO)s1. The maximum atomic E-state index is 12.1. The molecule has 19 heavy (non-hydrogen) atoms. The average molecular weight is 291 g/mol. The Bertz CT molecular complexity index is 445. The van der Waals surface area contributed by atoms with E-state index < -0.39 is 12.6 Å². The molecule has 0 unspecified atom stereocenters. The Hall–Kier alpha value is -1.03. The summed E-state index contributed by atoms with van der Waals surface area (Å²) in [6.45, 7) is 0.515. The van der Waals surface area contributed by atoms with Crippen molar-refractivity contribution in [2.75, 3.05) is 20.2 Å². The summed E-state index contributed by atoms with van der Waals surface area (Å²) >= 11 is 1.47. The van der Waals surface area contributed by atoms with Gasteiger partial charge < -0.3 is 10.0 Å². The van der Waals surface area contributed by atoms with Gasteiger partial charge in [-0.15, -0.1) is 11.3 Å². The monoisotopic (exact) mass is 291 g/mol. The second-order valence-corrected chi connectivity index (χ2v) is 5.31. The van der Waals surface area contributed by atoms with Gasteiger partial charge in [-0.3, -0.25) is 0 Å². The molecule has 0 fully saturated rings. The van der Waals surface area contributed by atoms with Crippen LogP contribution < -0.4 is 0 Å². The lowest BCUT2D eigenvalue weighted by Crippen LogP contribution is -2.23. The molecule has 1 aromatic rings. The standard InChI is InChI=1S/C13H16F3NOS/c1-17(8-7-13(14,15)16)10-12-6-5-11(19-12)4-2-3-9-18/h5-6,18H,3,7-10H2,1H3. The van der Waals surface area contributed by atoms with E-state index in [1.807, 2.05) is 12.1 Å². The Morgan fingerprint density at radius 1 is 1.37 bits per heavy atom. The third-order valence-corrected chi connectivity index (χ3v) is 3.30. The highest BCUT2D eigenvalue weighted by Gasteiger charge is 2.27. The molecule has 106 valence electrons. The average Bonchev–Trinajstić information content (AvgIpc) is 2.74. The first-order valence-corrected chi connectivity index (χ1v) is 6.66. The maximum Gasteiger partial charge on any atom is 0.390 e. The molecule has 1 N–H and O–H groups in total. The summed E-state index contributed by atoms with van der Waals surface area (Å²) in [5.41, 5.74) is 0. The Morgan fingerprint density at radius 2 is 2.11 bits per heavy atom. The van der Waals surface area contributed by atoms with E-state index in [2.05, 4.69) is 11.8 Å². The molecule has 0 aliphatic heterocycles. The van der Waals surface area contributed by atoms with Gasteiger partial charge in [0.05, 0.1) is 17.9 Å². The summed E-state index contributed by atoms with van der Waals surface area (Å²) in [5, 5.41) is 8.60. The second kappa shape index (κ2) is 7.53. The fourth-order valence-corrected chi connectivity index (χ4v) is 2.36. The molecule has 1 aromatic heterocycles. The first-order valence-electron chi connectivity index (χ1n) is 5.84. The first kappa shape index (κ1) is 16.0. The third kappa shape index (κ3) is 7.21. The van der Waals surface area contributed by atoms with E-state index in [0.717, 1.165) is 9.75 Å². The van der Waals surface area contributed by atoms with E-state index in [-0.39, 0.29) is 13.2 Å². The fourth-order valence-electron chi connectivity index (χ4n) is 1.40. The Balaban J connectivity index is 2.43. The number of aliphatic hydroxyl groups is 1. The number of hydrogen-bond donors (Lipinski definition) is 1. The minimum Gasteiger partial charge on any atom is -0.395 e. The molecule has 0 saturated heterocycles. The molecule has 0 bridgehead atoms.